The maximum absolute atomic E-state index is 10.2. The number of aryl methyl sites for hydroxylation is 1. The van der Waals surface area contributed by atoms with Gasteiger partial charge in [-0.3, -0.25) is 0 Å². The first-order valence-corrected chi connectivity index (χ1v) is 5.36. The number of rotatable bonds is 2. The van der Waals surface area contributed by atoms with Crippen molar-refractivity contribution in [2.75, 3.05) is 0 Å². The van der Waals surface area contributed by atoms with Crippen molar-refractivity contribution in [2.45, 2.75) is 32.4 Å². The second-order valence-corrected chi connectivity index (χ2v) is 4.79. The predicted octanol–water partition coefficient (Wildman–Crippen LogP) is 2.51. The third-order valence-electron chi connectivity index (χ3n) is 2.80. The van der Waals surface area contributed by atoms with Crippen molar-refractivity contribution in [3.63, 3.8) is 0 Å². The van der Waals surface area contributed by atoms with E-state index in [4.69, 9.17) is 10.2 Å². The number of fused-ring (bicyclic) bond motifs is 1. The Kier molecular flexibility index (Phi) is 2.52. The fourth-order valence-corrected chi connectivity index (χ4v) is 1.90. The topological polar surface area (TPSA) is 59.4 Å². The van der Waals surface area contributed by atoms with Crippen molar-refractivity contribution in [3.05, 3.63) is 35.6 Å². The van der Waals surface area contributed by atoms with Gasteiger partial charge in [0.1, 0.15) is 17.4 Å². The molecule has 1 aromatic carbocycles. The quantitative estimate of drug-likeness (QED) is 0.815. The second-order valence-electron chi connectivity index (χ2n) is 4.79. The molecule has 3 nitrogen and oxygen atoms in total. The summed E-state index contributed by atoms with van der Waals surface area (Å²) in [5.41, 5.74) is 6.84. The molecule has 1 heterocycles. The molecule has 0 aliphatic rings. The smallest absolute Gasteiger partial charge is 0.134 e. The molecule has 0 saturated carbocycles. The first-order valence-electron chi connectivity index (χ1n) is 5.36. The van der Waals surface area contributed by atoms with Gasteiger partial charge in [0.15, 0.2) is 0 Å². The molecule has 0 bridgehead atoms. The van der Waals surface area contributed by atoms with E-state index in [1.807, 2.05) is 31.2 Å². The monoisotopic (exact) mass is 219 g/mol. The standard InChI is InChI=1S/C13H17NO2/c1-8-11(12(15)13(2,3)14)9-6-4-5-7-10(9)16-8/h4-7,12,15H,14H2,1-3H3. The van der Waals surface area contributed by atoms with Gasteiger partial charge >= 0.3 is 0 Å². The third-order valence-corrected chi connectivity index (χ3v) is 2.80. The highest BCUT2D eigenvalue weighted by atomic mass is 16.3. The zero-order valence-electron chi connectivity index (χ0n) is 9.82. The van der Waals surface area contributed by atoms with Crippen LogP contribution >= 0.6 is 0 Å². The van der Waals surface area contributed by atoms with Crippen LogP contribution in [-0.2, 0) is 0 Å². The molecule has 1 unspecified atom stereocenters. The van der Waals surface area contributed by atoms with E-state index in [9.17, 15) is 5.11 Å². The molecule has 1 atom stereocenters. The molecular formula is C13H17NO2. The zero-order chi connectivity index (χ0) is 11.9. The van der Waals surface area contributed by atoms with Crippen molar-refractivity contribution in [2.24, 2.45) is 5.73 Å². The van der Waals surface area contributed by atoms with Gasteiger partial charge in [0.05, 0.1) is 0 Å². The van der Waals surface area contributed by atoms with Crippen LogP contribution in [-0.4, -0.2) is 10.6 Å². The number of nitrogens with two attached hydrogens (primary N) is 1. The van der Waals surface area contributed by atoms with Gasteiger partial charge in [-0.1, -0.05) is 18.2 Å². The summed E-state index contributed by atoms with van der Waals surface area (Å²) in [4.78, 5) is 0. The fourth-order valence-electron chi connectivity index (χ4n) is 1.90. The Labute approximate surface area is 94.9 Å². The van der Waals surface area contributed by atoms with E-state index in [1.165, 1.54) is 0 Å². The molecule has 0 spiro atoms. The number of aliphatic hydroxyl groups excluding tert-OH is 1. The maximum atomic E-state index is 10.2. The molecule has 0 fully saturated rings. The Morgan fingerprint density at radius 1 is 1.31 bits per heavy atom. The van der Waals surface area contributed by atoms with Gasteiger partial charge in [-0.15, -0.1) is 0 Å². The summed E-state index contributed by atoms with van der Waals surface area (Å²) in [5.74, 6) is 0.729. The normalized spacial score (nSPS) is 14.3. The van der Waals surface area contributed by atoms with E-state index < -0.39 is 11.6 Å². The summed E-state index contributed by atoms with van der Waals surface area (Å²) < 4.78 is 5.60. The van der Waals surface area contributed by atoms with Crippen LogP contribution in [0, 0.1) is 6.92 Å². The molecule has 0 aliphatic carbocycles. The number of hydrogen-bond donors (Lipinski definition) is 2. The van der Waals surface area contributed by atoms with Gasteiger partial charge in [-0.2, -0.15) is 0 Å². The third kappa shape index (κ3) is 1.72. The van der Waals surface area contributed by atoms with E-state index >= 15 is 0 Å². The lowest BCUT2D eigenvalue weighted by atomic mass is 9.91. The Morgan fingerprint density at radius 2 is 1.94 bits per heavy atom. The highest BCUT2D eigenvalue weighted by Crippen LogP contribution is 2.34. The Balaban J connectivity index is 2.64. The van der Waals surface area contributed by atoms with E-state index in [-0.39, 0.29) is 0 Å². The summed E-state index contributed by atoms with van der Waals surface area (Å²) in [6, 6.07) is 7.67. The minimum absolute atomic E-state index is 0.683. The molecule has 0 saturated heterocycles. The lowest BCUT2D eigenvalue weighted by molar-refractivity contribution is 0.104. The molecule has 1 aromatic heterocycles. The number of aliphatic hydroxyl groups is 1. The molecule has 0 aliphatic heterocycles. The van der Waals surface area contributed by atoms with E-state index in [2.05, 4.69) is 0 Å². The van der Waals surface area contributed by atoms with Crippen LogP contribution in [0.3, 0.4) is 0 Å². The van der Waals surface area contributed by atoms with Crippen molar-refractivity contribution in [1.82, 2.24) is 0 Å². The molecule has 2 aromatic rings. The van der Waals surface area contributed by atoms with Gasteiger partial charge in [0.2, 0.25) is 0 Å². The van der Waals surface area contributed by atoms with Crippen molar-refractivity contribution >= 4 is 11.0 Å². The Morgan fingerprint density at radius 3 is 2.56 bits per heavy atom. The fraction of sp³-hybridized carbons (Fsp3) is 0.385. The highest BCUT2D eigenvalue weighted by molar-refractivity contribution is 5.82. The highest BCUT2D eigenvalue weighted by Gasteiger charge is 2.29. The molecular weight excluding hydrogens is 202 g/mol. The molecule has 3 N–H and O–H groups in total. The van der Waals surface area contributed by atoms with Crippen molar-refractivity contribution < 1.29 is 9.52 Å². The van der Waals surface area contributed by atoms with Gasteiger partial charge in [-0.05, 0) is 26.8 Å². The van der Waals surface area contributed by atoms with Crippen LogP contribution < -0.4 is 5.73 Å². The van der Waals surface area contributed by atoms with Gasteiger partial charge in [0, 0.05) is 16.5 Å². The van der Waals surface area contributed by atoms with Crippen LogP contribution in [0.15, 0.2) is 28.7 Å². The van der Waals surface area contributed by atoms with Gasteiger partial charge in [0.25, 0.3) is 0 Å². The lowest BCUT2D eigenvalue weighted by Crippen LogP contribution is -2.39. The molecule has 3 heteroatoms. The predicted molar refractivity (Wildman–Crippen MR) is 64.2 cm³/mol. The van der Waals surface area contributed by atoms with Crippen molar-refractivity contribution in [3.8, 4) is 0 Å². The second kappa shape index (κ2) is 3.61. The van der Waals surface area contributed by atoms with Crippen LogP contribution in [0.1, 0.15) is 31.3 Å². The lowest BCUT2D eigenvalue weighted by Gasteiger charge is -2.25. The largest absolute Gasteiger partial charge is 0.461 e. The summed E-state index contributed by atoms with van der Waals surface area (Å²) in [6.45, 7) is 5.46. The van der Waals surface area contributed by atoms with E-state index in [0.717, 1.165) is 22.3 Å². The Hall–Kier alpha value is -1.32. The molecule has 0 amide bonds. The Bertz CT molecular complexity index is 508. The summed E-state index contributed by atoms with van der Waals surface area (Å²) in [7, 11) is 0. The SMILES string of the molecule is Cc1oc2ccccc2c1C(O)C(C)(C)N. The average molecular weight is 219 g/mol. The van der Waals surface area contributed by atoms with Crippen LogP contribution in [0.2, 0.25) is 0 Å². The summed E-state index contributed by atoms with van der Waals surface area (Å²) >= 11 is 0. The number of benzene rings is 1. The van der Waals surface area contributed by atoms with Gasteiger partial charge in [-0.25, -0.2) is 0 Å². The molecule has 16 heavy (non-hydrogen) atoms. The van der Waals surface area contributed by atoms with Gasteiger partial charge < -0.3 is 15.3 Å². The van der Waals surface area contributed by atoms with Crippen LogP contribution in [0.4, 0.5) is 0 Å². The molecule has 2 rings (SSSR count). The number of para-hydroxylation sites is 1. The first-order chi connectivity index (χ1) is 7.41. The summed E-state index contributed by atoms with van der Waals surface area (Å²) in [6.07, 6.45) is -0.726. The van der Waals surface area contributed by atoms with Crippen molar-refractivity contribution in [1.29, 1.82) is 0 Å². The van der Waals surface area contributed by atoms with E-state index in [1.54, 1.807) is 13.8 Å². The molecule has 86 valence electrons. The van der Waals surface area contributed by atoms with E-state index in [0.29, 0.717) is 0 Å². The average Bonchev–Trinajstić information content (AvgIpc) is 2.51. The zero-order valence-corrected chi connectivity index (χ0v) is 9.82. The minimum atomic E-state index is -0.726. The van der Waals surface area contributed by atoms with Crippen LogP contribution in [0.5, 0.6) is 0 Å². The summed E-state index contributed by atoms with van der Waals surface area (Å²) in [5, 5.41) is 11.2. The first kappa shape index (κ1) is 11.2. The molecule has 0 radical (unpaired) electrons. The number of furan rings is 1. The minimum Gasteiger partial charge on any atom is -0.461 e. The number of hydrogen-bond acceptors (Lipinski definition) is 3. The maximum Gasteiger partial charge on any atom is 0.134 e. The van der Waals surface area contributed by atoms with Crippen LogP contribution in [0.25, 0.3) is 11.0 Å².